The molecule has 76 valence electrons. The second kappa shape index (κ2) is 4.43. The van der Waals surface area contributed by atoms with Gasteiger partial charge in [-0.1, -0.05) is 19.3 Å². The van der Waals surface area contributed by atoms with Crippen molar-refractivity contribution < 1.29 is 5.11 Å². The summed E-state index contributed by atoms with van der Waals surface area (Å²) in [6, 6.07) is 1.29. The van der Waals surface area contributed by atoms with Gasteiger partial charge in [0.1, 0.15) is 0 Å². The molecule has 0 bridgehead atoms. The van der Waals surface area contributed by atoms with Gasteiger partial charge in [-0.15, -0.1) is 0 Å². The van der Waals surface area contributed by atoms with Crippen LogP contribution in [0.25, 0.3) is 0 Å². The largest absolute Gasteiger partial charge is 0.395 e. The van der Waals surface area contributed by atoms with Crippen molar-refractivity contribution in [1.29, 1.82) is 0 Å². The Bertz CT molecular complexity index is 154. The molecule has 2 aliphatic rings. The van der Waals surface area contributed by atoms with Crippen LogP contribution in [0.5, 0.6) is 0 Å². The van der Waals surface area contributed by atoms with Crippen molar-refractivity contribution in [3.8, 4) is 0 Å². The van der Waals surface area contributed by atoms with Gasteiger partial charge in [-0.05, 0) is 32.2 Å². The van der Waals surface area contributed by atoms with Gasteiger partial charge >= 0.3 is 0 Å². The van der Waals surface area contributed by atoms with E-state index in [1.54, 1.807) is 0 Å². The number of aliphatic hydroxyl groups is 1. The van der Waals surface area contributed by atoms with Crippen LogP contribution in [-0.4, -0.2) is 35.2 Å². The van der Waals surface area contributed by atoms with Crippen molar-refractivity contribution in [1.82, 2.24) is 4.90 Å². The maximum Gasteiger partial charge on any atom is 0.0586 e. The molecule has 1 saturated heterocycles. The standard InChI is InChI=1S/C11H21NO/c13-9-11-7-4-8-12(11)10-5-2-1-3-6-10/h10-11,13H,1-9H2. The Hall–Kier alpha value is -0.0800. The monoisotopic (exact) mass is 183 g/mol. The van der Waals surface area contributed by atoms with Crippen LogP contribution < -0.4 is 0 Å². The number of rotatable bonds is 2. The third-order valence-corrected chi connectivity index (χ3v) is 3.68. The summed E-state index contributed by atoms with van der Waals surface area (Å²) in [5.41, 5.74) is 0. The summed E-state index contributed by atoms with van der Waals surface area (Å²) in [7, 11) is 0. The SMILES string of the molecule is OCC1CCCN1C1CCCCC1. The number of likely N-dealkylation sites (tertiary alicyclic amines) is 1. The molecule has 2 rings (SSSR count). The molecule has 0 aromatic carbocycles. The zero-order valence-electron chi connectivity index (χ0n) is 8.41. The first-order valence-corrected chi connectivity index (χ1v) is 5.78. The van der Waals surface area contributed by atoms with E-state index in [2.05, 4.69) is 4.90 Å². The predicted molar refractivity (Wildman–Crippen MR) is 53.7 cm³/mol. The normalized spacial score (nSPS) is 32.5. The van der Waals surface area contributed by atoms with E-state index >= 15 is 0 Å². The van der Waals surface area contributed by atoms with Crippen molar-refractivity contribution in [2.45, 2.75) is 57.0 Å². The molecule has 2 fully saturated rings. The summed E-state index contributed by atoms with van der Waals surface area (Å²) in [5, 5.41) is 9.23. The topological polar surface area (TPSA) is 23.5 Å². The second-order valence-corrected chi connectivity index (χ2v) is 4.51. The Morgan fingerprint density at radius 3 is 2.46 bits per heavy atom. The Labute approximate surface area is 80.9 Å². The van der Waals surface area contributed by atoms with Crippen molar-refractivity contribution in [2.24, 2.45) is 0 Å². The van der Waals surface area contributed by atoms with Gasteiger partial charge in [0.15, 0.2) is 0 Å². The van der Waals surface area contributed by atoms with Gasteiger partial charge < -0.3 is 5.11 Å². The fraction of sp³-hybridized carbons (Fsp3) is 1.00. The molecule has 1 unspecified atom stereocenters. The molecule has 0 spiro atoms. The maximum absolute atomic E-state index is 9.23. The molecular weight excluding hydrogens is 162 g/mol. The van der Waals surface area contributed by atoms with Crippen LogP contribution in [0.3, 0.4) is 0 Å². The summed E-state index contributed by atoms with van der Waals surface area (Å²) >= 11 is 0. The molecule has 1 saturated carbocycles. The van der Waals surface area contributed by atoms with Crippen LogP contribution in [0.2, 0.25) is 0 Å². The van der Waals surface area contributed by atoms with Gasteiger partial charge in [0.2, 0.25) is 0 Å². The average molecular weight is 183 g/mol. The molecule has 2 nitrogen and oxygen atoms in total. The Balaban J connectivity index is 1.90. The summed E-state index contributed by atoms with van der Waals surface area (Å²) in [5.74, 6) is 0. The fourth-order valence-electron chi connectivity index (χ4n) is 2.95. The van der Waals surface area contributed by atoms with Gasteiger partial charge in [0.25, 0.3) is 0 Å². The van der Waals surface area contributed by atoms with Crippen LogP contribution in [0, 0.1) is 0 Å². The minimum atomic E-state index is 0.372. The van der Waals surface area contributed by atoms with E-state index in [0.717, 1.165) is 6.04 Å². The zero-order chi connectivity index (χ0) is 9.10. The zero-order valence-corrected chi connectivity index (χ0v) is 8.41. The number of aliphatic hydroxyl groups excluding tert-OH is 1. The molecule has 1 atom stereocenters. The first-order valence-electron chi connectivity index (χ1n) is 5.78. The van der Waals surface area contributed by atoms with E-state index < -0.39 is 0 Å². The quantitative estimate of drug-likeness (QED) is 0.705. The summed E-state index contributed by atoms with van der Waals surface area (Å²) in [6.45, 7) is 1.60. The smallest absolute Gasteiger partial charge is 0.0586 e. The van der Waals surface area contributed by atoms with Crippen LogP contribution in [0.4, 0.5) is 0 Å². The molecule has 1 N–H and O–H groups in total. The van der Waals surface area contributed by atoms with Crippen molar-refractivity contribution in [2.75, 3.05) is 13.2 Å². The third kappa shape index (κ3) is 2.05. The molecular formula is C11H21NO. The molecule has 0 radical (unpaired) electrons. The second-order valence-electron chi connectivity index (χ2n) is 4.51. The van der Waals surface area contributed by atoms with E-state index in [0.29, 0.717) is 12.6 Å². The molecule has 2 heteroatoms. The van der Waals surface area contributed by atoms with Crippen molar-refractivity contribution in [3.05, 3.63) is 0 Å². The highest BCUT2D eigenvalue weighted by Gasteiger charge is 2.30. The van der Waals surface area contributed by atoms with E-state index in [1.165, 1.54) is 51.5 Å². The molecule has 1 aliphatic heterocycles. The molecule has 1 aliphatic carbocycles. The molecule has 0 amide bonds. The lowest BCUT2D eigenvalue weighted by molar-refractivity contribution is 0.0980. The van der Waals surface area contributed by atoms with Crippen LogP contribution >= 0.6 is 0 Å². The van der Waals surface area contributed by atoms with Gasteiger partial charge in [0.05, 0.1) is 6.61 Å². The van der Waals surface area contributed by atoms with Crippen LogP contribution in [0.1, 0.15) is 44.9 Å². The lowest BCUT2D eigenvalue weighted by Crippen LogP contribution is -2.41. The van der Waals surface area contributed by atoms with Crippen LogP contribution in [-0.2, 0) is 0 Å². The van der Waals surface area contributed by atoms with Crippen molar-refractivity contribution in [3.63, 3.8) is 0 Å². The average Bonchev–Trinajstić information content (AvgIpc) is 2.67. The van der Waals surface area contributed by atoms with Gasteiger partial charge in [-0.2, -0.15) is 0 Å². The Morgan fingerprint density at radius 1 is 1.00 bits per heavy atom. The molecule has 0 aromatic heterocycles. The first kappa shape index (κ1) is 9.47. The predicted octanol–water partition coefficient (Wildman–Crippen LogP) is 1.78. The number of hydrogen-bond donors (Lipinski definition) is 1. The Morgan fingerprint density at radius 2 is 1.77 bits per heavy atom. The Kier molecular flexibility index (Phi) is 3.23. The number of nitrogens with zero attached hydrogens (tertiary/aromatic N) is 1. The van der Waals surface area contributed by atoms with Crippen molar-refractivity contribution >= 4 is 0 Å². The molecule has 0 aromatic rings. The minimum Gasteiger partial charge on any atom is -0.395 e. The fourth-order valence-corrected chi connectivity index (χ4v) is 2.95. The van der Waals surface area contributed by atoms with E-state index in [9.17, 15) is 5.11 Å². The summed E-state index contributed by atoms with van der Waals surface area (Å²) in [6.07, 6.45) is 9.48. The van der Waals surface area contributed by atoms with E-state index in [4.69, 9.17) is 0 Å². The maximum atomic E-state index is 9.23. The van der Waals surface area contributed by atoms with Gasteiger partial charge in [-0.3, -0.25) is 4.90 Å². The van der Waals surface area contributed by atoms with Gasteiger partial charge in [0, 0.05) is 12.1 Å². The third-order valence-electron chi connectivity index (χ3n) is 3.68. The van der Waals surface area contributed by atoms with Crippen LogP contribution in [0.15, 0.2) is 0 Å². The minimum absolute atomic E-state index is 0.372. The van der Waals surface area contributed by atoms with E-state index in [-0.39, 0.29) is 0 Å². The highest BCUT2D eigenvalue weighted by atomic mass is 16.3. The highest BCUT2D eigenvalue weighted by Crippen LogP contribution is 2.28. The van der Waals surface area contributed by atoms with E-state index in [1.807, 2.05) is 0 Å². The molecule has 1 heterocycles. The number of hydrogen-bond acceptors (Lipinski definition) is 2. The highest BCUT2D eigenvalue weighted by molar-refractivity contribution is 4.85. The molecule has 13 heavy (non-hydrogen) atoms. The lowest BCUT2D eigenvalue weighted by Gasteiger charge is -2.34. The first-order chi connectivity index (χ1) is 6.42. The van der Waals surface area contributed by atoms with Gasteiger partial charge in [-0.25, -0.2) is 0 Å². The lowest BCUT2D eigenvalue weighted by atomic mass is 9.94. The summed E-state index contributed by atoms with van der Waals surface area (Å²) in [4.78, 5) is 2.57. The summed E-state index contributed by atoms with van der Waals surface area (Å²) < 4.78 is 0.